The second kappa shape index (κ2) is 7.76. The van der Waals surface area contributed by atoms with Crippen LogP contribution < -0.4 is 15.4 Å². The van der Waals surface area contributed by atoms with E-state index < -0.39 is 0 Å². The minimum Gasteiger partial charge on any atom is -0.495 e. The van der Waals surface area contributed by atoms with Gasteiger partial charge in [-0.1, -0.05) is 12.1 Å². The van der Waals surface area contributed by atoms with Crippen LogP contribution in [0.2, 0.25) is 0 Å². The first-order valence-corrected chi connectivity index (χ1v) is 8.58. The second-order valence-corrected chi connectivity index (χ2v) is 6.27. The zero-order chi connectivity index (χ0) is 17.6. The molecule has 7 heteroatoms. The van der Waals surface area contributed by atoms with Crippen molar-refractivity contribution in [2.75, 3.05) is 12.4 Å². The van der Waals surface area contributed by atoms with Gasteiger partial charge < -0.3 is 15.4 Å². The number of aromatic nitrogens is 2. The first kappa shape index (κ1) is 16.9. The second-order valence-electron chi connectivity index (χ2n) is 5.41. The monoisotopic (exact) mass is 354 g/mol. The molecule has 0 fully saturated rings. The molecule has 0 saturated heterocycles. The fraction of sp³-hybridized carbons (Fsp3) is 0.167. The number of amides is 1. The number of thiazole rings is 1. The molecule has 128 valence electrons. The maximum absolute atomic E-state index is 12.2. The summed E-state index contributed by atoms with van der Waals surface area (Å²) in [6, 6.07) is 9.59. The summed E-state index contributed by atoms with van der Waals surface area (Å²) < 4.78 is 5.34. The van der Waals surface area contributed by atoms with Gasteiger partial charge in [-0.15, -0.1) is 11.3 Å². The van der Waals surface area contributed by atoms with Crippen LogP contribution >= 0.6 is 11.3 Å². The van der Waals surface area contributed by atoms with Crippen molar-refractivity contribution in [2.45, 2.75) is 13.5 Å². The molecular formula is C18H18N4O2S. The van der Waals surface area contributed by atoms with Gasteiger partial charge in [-0.3, -0.25) is 9.78 Å². The van der Waals surface area contributed by atoms with Crippen molar-refractivity contribution in [3.8, 4) is 5.75 Å². The van der Waals surface area contributed by atoms with Crippen molar-refractivity contribution in [1.29, 1.82) is 0 Å². The third-order valence-corrected chi connectivity index (χ3v) is 4.27. The van der Waals surface area contributed by atoms with E-state index in [9.17, 15) is 4.79 Å². The van der Waals surface area contributed by atoms with Crippen LogP contribution in [0.1, 0.15) is 21.6 Å². The Kier molecular flexibility index (Phi) is 5.25. The number of carbonyl (C=O) groups is 1. The highest BCUT2D eigenvalue weighted by Crippen LogP contribution is 2.29. The van der Waals surface area contributed by atoms with Gasteiger partial charge in [0.15, 0.2) is 5.13 Å². The highest BCUT2D eigenvalue weighted by atomic mass is 32.1. The summed E-state index contributed by atoms with van der Waals surface area (Å²) in [5.41, 5.74) is 3.24. The average Bonchev–Trinajstić information content (AvgIpc) is 3.09. The van der Waals surface area contributed by atoms with Gasteiger partial charge in [0.2, 0.25) is 0 Å². The van der Waals surface area contributed by atoms with Gasteiger partial charge in [0.05, 0.1) is 12.8 Å². The van der Waals surface area contributed by atoms with E-state index in [1.807, 2.05) is 37.3 Å². The minimum atomic E-state index is -0.218. The van der Waals surface area contributed by atoms with Crippen molar-refractivity contribution in [1.82, 2.24) is 15.3 Å². The van der Waals surface area contributed by atoms with Crippen LogP contribution in [0.3, 0.4) is 0 Å². The minimum absolute atomic E-state index is 0.218. The number of pyridine rings is 1. The Bertz CT molecular complexity index is 865. The van der Waals surface area contributed by atoms with Gasteiger partial charge in [0, 0.05) is 24.3 Å². The largest absolute Gasteiger partial charge is 0.495 e. The number of hydrogen-bond donors (Lipinski definition) is 2. The smallest absolute Gasteiger partial charge is 0.271 e. The molecule has 3 aromatic rings. The molecule has 0 aliphatic carbocycles. The number of aryl methyl sites for hydroxylation is 1. The molecule has 6 nitrogen and oxygen atoms in total. The lowest BCUT2D eigenvalue weighted by Gasteiger charge is -2.09. The molecule has 1 amide bonds. The van der Waals surface area contributed by atoms with Crippen LogP contribution in [0.5, 0.6) is 5.75 Å². The Morgan fingerprint density at radius 3 is 2.96 bits per heavy atom. The van der Waals surface area contributed by atoms with Crippen LogP contribution in [0.15, 0.2) is 48.1 Å². The Morgan fingerprint density at radius 1 is 1.32 bits per heavy atom. The van der Waals surface area contributed by atoms with Crippen LogP contribution in [0.4, 0.5) is 10.8 Å². The predicted octanol–water partition coefficient (Wildman–Crippen LogP) is 3.53. The molecule has 0 aliphatic heterocycles. The van der Waals surface area contributed by atoms with E-state index in [2.05, 4.69) is 20.6 Å². The van der Waals surface area contributed by atoms with E-state index in [1.165, 1.54) is 11.3 Å². The number of rotatable bonds is 6. The summed E-state index contributed by atoms with van der Waals surface area (Å²) in [7, 11) is 1.62. The topological polar surface area (TPSA) is 76.1 Å². The highest BCUT2D eigenvalue weighted by Gasteiger charge is 2.12. The van der Waals surface area contributed by atoms with E-state index in [4.69, 9.17) is 4.74 Å². The van der Waals surface area contributed by atoms with Crippen molar-refractivity contribution in [3.05, 3.63) is 64.9 Å². The zero-order valence-corrected chi connectivity index (χ0v) is 14.8. The SMILES string of the molecule is COc1ccc(C)cc1Nc1nc(C(=O)NCc2cccnc2)cs1. The number of anilines is 2. The standard InChI is InChI=1S/C18H18N4O2S/c1-12-5-6-16(24-2)14(8-12)21-18-22-15(11-25-18)17(23)20-10-13-4-3-7-19-9-13/h3-9,11H,10H2,1-2H3,(H,20,23)(H,21,22). The quantitative estimate of drug-likeness (QED) is 0.708. The van der Waals surface area contributed by atoms with Crippen LogP contribution in [0, 0.1) is 6.92 Å². The van der Waals surface area contributed by atoms with Crippen molar-refractivity contribution < 1.29 is 9.53 Å². The Hall–Kier alpha value is -2.93. The van der Waals surface area contributed by atoms with Crippen molar-refractivity contribution >= 4 is 28.1 Å². The Morgan fingerprint density at radius 2 is 2.20 bits per heavy atom. The number of nitrogens with zero attached hydrogens (tertiary/aromatic N) is 2. The molecule has 1 aromatic carbocycles. The van der Waals surface area contributed by atoms with Gasteiger partial charge in [-0.25, -0.2) is 4.98 Å². The van der Waals surface area contributed by atoms with E-state index >= 15 is 0 Å². The van der Waals surface area contributed by atoms with Crippen molar-refractivity contribution in [2.24, 2.45) is 0 Å². The van der Waals surface area contributed by atoms with Gasteiger partial charge in [0.25, 0.3) is 5.91 Å². The number of hydrogen-bond acceptors (Lipinski definition) is 6. The van der Waals surface area contributed by atoms with E-state index in [0.29, 0.717) is 17.4 Å². The molecule has 0 spiro atoms. The summed E-state index contributed by atoms with van der Waals surface area (Å²) in [6.45, 7) is 2.42. The predicted molar refractivity (Wildman–Crippen MR) is 98.5 cm³/mol. The summed E-state index contributed by atoms with van der Waals surface area (Å²) in [5.74, 6) is 0.507. The molecule has 0 aliphatic rings. The number of methoxy groups -OCH3 is 1. The first-order chi connectivity index (χ1) is 12.2. The summed E-state index contributed by atoms with van der Waals surface area (Å²) >= 11 is 1.37. The third-order valence-electron chi connectivity index (χ3n) is 3.51. The highest BCUT2D eigenvalue weighted by molar-refractivity contribution is 7.14. The van der Waals surface area contributed by atoms with Crippen LogP contribution in [-0.4, -0.2) is 23.0 Å². The summed E-state index contributed by atoms with van der Waals surface area (Å²) in [6.07, 6.45) is 3.42. The lowest BCUT2D eigenvalue weighted by Crippen LogP contribution is -2.23. The first-order valence-electron chi connectivity index (χ1n) is 7.70. The van der Waals surface area contributed by atoms with Gasteiger partial charge in [-0.2, -0.15) is 0 Å². The number of nitrogens with one attached hydrogen (secondary N) is 2. The Labute approximate surface area is 149 Å². The van der Waals surface area contributed by atoms with E-state index in [0.717, 1.165) is 22.6 Å². The van der Waals surface area contributed by atoms with E-state index in [-0.39, 0.29) is 5.91 Å². The van der Waals surface area contributed by atoms with Gasteiger partial charge in [-0.05, 0) is 36.2 Å². The maximum Gasteiger partial charge on any atom is 0.271 e. The fourth-order valence-electron chi connectivity index (χ4n) is 2.25. The number of benzene rings is 1. The normalized spacial score (nSPS) is 10.3. The molecule has 0 atom stereocenters. The fourth-order valence-corrected chi connectivity index (χ4v) is 2.95. The Balaban J connectivity index is 1.66. The van der Waals surface area contributed by atoms with Crippen LogP contribution in [0.25, 0.3) is 0 Å². The molecule has 3 rings (SSSR count). The van der Waals surface area contributed by atoms with Gasteiger partial charge in [0.1, 0.15) is 11.4 Å². The molecule has 2 N–H and O–H groups in total. The molecule has 0 saturated carbocycles. The molecular weight excluding hydrogens is 336 g/mol. The summed E-state index contributed by atoms with van der Waals surface area (Å²) in [4.78, 5) is 20.6. The summed E-state index contributed by atoms with van der Waals surface area (Å²) in [5, 5.41) is 8.40. The molecule has 0 bridgehead atoms. The molecule has 0 radical (unpaired) electrons. The third kappa shape index (κ3) is 4.33. The molecule has 2 aromatic heterocycles. The lowest BCUT2D eigenvalue weighted by molar-refractivity contribution is 0.0946. The number of carbonyl (C=O) groups excluding carboxylic acids is 1. The van der Waals surface area contributed by atoms with E-state index in [1.54, 1.807) is 24.9 Å². The lowest BCUT2D eigenvalue weighted by atomic mass is 10.2. The van der Waals surface area contributed by atoms with Crippen molar-refractivity contribution in [3.63, 3.8) is 0 Å². The van der Waals surface area contributed by atoms with Crippen LogP contribution in [-0.2, 0) is 6.54 Å². The van der Waals surface area contributed by atoms with Gasteiger partial charge >= 0.3 is 0 Å². The molecule has 0 unspecified atom stereocenters. The zero-order valence-electron chi connectivity index (χ0n) is 13.9. The number of ether oxygens (including phenoxy) is 1. The maximum atomic E-state index is 12.2. The average molecular weight is 354 g/mol. The molecule has 2 heterocycles. The molecule has 25 heavy (non-hydrogen) atoms.